The molecule has 0 saturated heterocycles. The third-order valence-electron chi connectivity index (χ3n) is 4.04. The number of hydrogen-bond acceptors (Lipinski definition) is 4. The van der Waals surface area contributed by atoms with Gasteiger partial charge >= 0.3 is 6.09 Å². The minimum atomic E-state index is -0.517. The molecule has 146 valence electrons. The maximum Gasteiger partial charge on any atom is 0.410 e. The number of rotatable bonds is 9. The van der Waals surface area contributed by atoms with Crippen LogP contribution in [-0.4, -0.2) is 35.5 Å². The third-order valence-corrected chi connectivity index (χ3v) is 4.95. The summed E-state index contributed by atoms with van der Waals surface area (Å²) < 4.78 is 5.55. The molecule has 5 heteroatoms. The van der Waals surface area contributed by atoms with Gasteiger partial charge in [-0.2, -0.15) is 0 Å². The second-order valence-corrected chi connectivity index (χ2v) is 8.51. The summed E-state index contributed by atoms with van der Waals surface area (Å²) in [5.74, 6) is 0.179. The Morgan fingerprint density at radius 1 is 1.00 bits per heavy atom. The molecule has 2 rings (SSSR count). The highest BCUT2D eigenvalue weighted by atomic mass is 32.1. The van der Waals surface area contributed by atoms with Crippen LogP contribution in [0.3, 0.4) is 0 Å². The zero-order chi connectivity index (χ0) is 19.7. The van der Waals surface area contributed by atoms with E-state index in [0.717, 1.165) is 24.1 Å². The van der Waals surface area contributed by atoms with Gasteiger partial charge in [0.15, 0.2) is 5.78 Å². The highest BCUT2D eigenvalue weighted by Gasteiger charge is 2.21. The number of ketones is 1. The molecule has 1 aromatic heterocycles. The molecule has 27 heavy (non-hydrogen) atoms. The van der Waals surface area contributed by atoms with Crippen LogP contribution in [0.15, 0.2) is 47.8 Å². The summed E-state index contributed by atoms with van der Waals surface area (Å²) in [6.07, 6.45) is 2.56. The third kappa shape index (κ3) is 7.95. The van der Waals surface area contributed by atoms with Crippen LogP contribution in [0.2, 0.25) is 0 Å². The predicted octanol–water partition coefficient (Wildman–Crippen LogP) is 5.58. The van der Waals surface area contributed by atoms with Crippen molar-refractivity contribution in [1.82, 2.24) is 4.90 Å². The van der Waals surface area contributed by atoms with Crippen molar-refractivity contribution in [3.63, 3.8) is 0 Å². The summed E-state index contributed by atoms with van der Waals surface area (Å²) in [4.78, 5) is 27.2. The minimum absolute atomic E-state index is 0.179. The van der Waals surface area contributed by atoms with Gasteiger partial charge in [-0.1, -0.05) is 36.4 Å². The standard InChI is InChI=1S/C22H29NO3S/c1-22(2,3)26-21(25)23(16-14-18-10-5-4-6-11-18)15-8-7-12-19(24)20-13-9-17-27-20/h4-6,9-11,13,17H,7-8,12,14-16H2,1-3H3. The van der Waals surface area contributed by atoms with E-state index in [1.807, 2.05) is 56.5 Å². The summed E-state index contributed by atoms with van der Waals surface area (Å²) in [5.41, 5.74) is 0.677. The van der Waals surface area contributed by atoms with E-state index in [2.05, 4.69) is 12.1 Å². The van der Waals surface area contributed by atoms with Crippen molar-refractivity contribution < 1.29 is 14.3 Å². The fourth-order valence-electron chi connectivity index (χ4n) is 2.68. The lowest BCUT2D eigenvalue weighted by molar-refractivity contribution is 0.0249. The monoisotopic (exact) mass is 387 g/mol. The average Bonchev–Trinajstić information content (AvgIpc) is 3.15. The molecule has 0 fully saturated rings. The van der Waals surface area contributed by atoms with E-state index in [4.69, 9.17) is 4.74 Å². The second kappa shape index (κ2) is 10.3. The van der Waals surface area contributed by atoms with E-state index in [9.17, 15) is 9.59 Å². The van der Waals surface area contributed by atoms with E-state index in [-0.39, 0.29) is 11.9 Å². The lowest BCUT2D eigenvalue weighted by Crippen LogP contribution is -2.38. The Bertz CT molecular complexity index is 705. The number of thiophene rings is 1. The van der Waals surface area contributed by atoms with Gasteiger partial charge in [0.2, 0.25) is 0 Å². The number of Topliss-reactive ketones (excluding diaryl/α,β-unsaturated/α-hetero) is 1. The molecule has 0 aliphatic carbocycles. The summed E-state index contributed by atoms with van der Waals surface area (Å²) in [6, 6.07) is 13.9. The first-order valence-corrected chi connectivity index (χ1v) is 10.3. The van der Waals surface area contributed by atoms with Crippen molar-refractivity contribution in [3.05, 3.63) is 58.3 Å². The van der Waals surface area contributed by atoms with Crippen LogP contribution < -0.4 is 0 Å². The van der Waals surface area contributed by atoms with Gasteiger partial charge < -0.3 is 9.64 Å². The normalized spacial score (nSPS) is 11.2. The summed E-state index contributed by atoms with van der Waals surface area (Å²) in [5, 5.41) is 1.92. The largest absolute Gasteiger partial charge is 0.444 e. The Morgan fingerprint density at radius 3 is 2.37 bits per heavy atom. The fraction of sp³-hybridized carbons (Fsp3) is 0.455. The van der Waals surface area contributed by atoms with Gasteiger partial charge in [0.05, 0.1) is 4.88 Å². The molecule has 1 aromatic carbocycles. The number of amides is 1. The first kappa shape index (κ1) is 21.2. The highest BCUT2D eigenvalue weighted by Crippen LogP contribution is 2.15. The molecule has 0 atom stereocenters. The van der Waals surface area contributed by atoms with Crippen molar-refractivity contribution in [2.45, 2.75) is 52.1 Å². The molecule has 0 unspecified atom stereocenters. The van der Waals surface area contributed by atoms with Gasteiger partial charge in [-0.25, -0.2) is 4.79 Å². The van der Waals surface area contributed by atoms with E-state index in [0.29, 0.717) is 19.5 Å². The number of ether oxygens (including phenoxy) is 1. The fourth-order valence-corrected chi connectivity index (χ4v) is 3.37. The van der Waals surface area contributed by atoms with Gasteiger partial charge in [-0.3, -0.25) is 4.79 Å². The van der Waals surface area contributed by atoms with Gasteiger partial charge in [0.25, 0.3) is 0 Å². The lowest BCUT2D eigenvalue weighted by Gasteiger charge is -2.27. The summed E-state index contributed by atoms with van der Waals surface area (Å²) in [6.45, 7) is 6.83. The van der Waals surface area contributed by atoms with Crippen LogP contribution in [0.4, 0.5) is 4.79 Å². The number of nitrogens with zero attached hydrogens (tertiary/aromatic N) is 1. The maximum atomic E-state index is 12.5. The Kier molecular flexibility index (Phi) is 8.04. The summed E-state index contributed by atoms with van der Waals surface area (Å²) in [7, 11) is 0. The molecule has 0 radical (unpaired) electrons. The van der Waals surface area contributed by atoms with Crippen LogP contribution >= 0.6 is 11.3 Å². The van der Waals surface area contributed by atoms with Crippen molar-refractivity contribution >= 4 is 23.2 Å². The first-order chi connectivity index (χ1) is 12.8. The van der Waals surface area contributed by atoms with Gasteiger partial charge in [0, 0.05) is 19.5 Å². The van der Waals surface area contributed by atoms with Crippen LogP contribution in [0.1, 0.15) is 55.3 Å². The van der Waals surface area contributed by atoms with Crippen molar-refractivity contribution in [2.24, 2.45) is 0 Å². The molecule has 0 saturated carbocycles. The van der Waals surface area contributed by atoms with Gasteiger partial charge in [0.1, 0.15) is 5.60 Å². The van der Waals surface area contributed by atoms with E-state index in [1.165, 1.54) is 16.9 Å². The number of benzene rings is 1. The number of carbonyl (C=O) groups excluding carboxylic acids is 2. The molecule has 0 aliphatic heterocycles. The number of carbonyl (C=O) groups is 2. The molecular formula is C22H29NO3S. The molecule has 0 aliphatic rings. The quantitative estimate of drug-likeness (QED) is 0.417. The van der Waals surface area contributed by atoms with E-state index >= 15 is 0 Å². The maximum absolute atomic E-state index is 12.5. The SMILES string of the molecule is CC(C)(C)OC(=O)N(CCCCC(=O)c1cccs1)CCc1ccccc1. The topological polar surface area (TPSA) is 46.6 Å². The van der Waals surface area contributed by atoms with E-state index in [1.54, 1.807) is 4.90 Å². The Hall–Kier alpha value is -2.14. The van der Waals surface area contributed by atoms with E-state index < -0.39 is 5.60 Å². The Morgan fingerprint density at radius 2 is 1.74 bits per heavy atom. The molecule has 2 aromatic rings. The van der Waals surface area contributed by atoms with Gasteiger partial charge in [-0.05, 0) is 57.0 Å². The molecule has 0 N–H and O–H groups in total. The van der Waals surface area contributed by atoms with Crippen LogP contribution in [0.5, 0.6) is 0 Å². The molecule has 1 amide bonds. The zero-order valence-electron chi connectivity index (χ0n) is 16.4. The Balaban J connectivity index is 1.84. The molecule has 0 bridgehead atoms. The minimum Gasteiger partial charge on any atom is -0.444 e. The smallest absolute Gasteiger partial charge is 0.410 e. The van der Waals surface area contributed by atoms with Crippen molar-refractivity contribution in [3.8, 4) is 0 Å². The lowest BCUT2D eigenvalue weighted by atomic mass is 10.1. The Labute approximate surface area is 166 Å². The molecule has 4 nitrogen and oxygen atoms in total. The molecule has 1 heterocycles. The van der Waals surface area contributed by atoms with Gasteiger partial charge in [-0.15, -0.1) is 11.3 Å². The van der Waals surface area contributed by atoms with Crippen molar-refractivity contribution in [1.29, 1.82) is 0 Å². The number of unbranched alkanes of at least 4 members (excludes halogenated alkanes) is 1. The average molecular weight is 388 g/mol. The van der Waals surface area contributed by atoms with Crippen LogP contribution in [-0.2, 0) is 11.2 Å². The first-order valence-electron chi connectivity index (χ1n) is 9.44. The number of hydrogen-bond donors (Lipinski definition) is 0. The molecular weight excluding hydrogens is 358 g/mol. The van der Waals surface area contributed by atoms with Crippen LogP contribution in [0.25, 0.3) is 0 Å². The highest BCUT2D eigenvalue weighted by molar-refractivity contribution is 7.12. The zero-order valence-corrected chi connectivity index (χ0v) is 17.3. The summed E-state index contributed by atoms with van der Waals surface area (Å²) >= 11 is 1.48. The second-order valence-electron chi connectivity index (χ2n) is 7.56. The predicted molar refractivity (Wildman–Crippen MR) is 110 cm³/mol. The molecule has 0 spiro atoms. The van der Waals surface area contributed by atoms with Crippen molar-refractivity contribution in [2.75, 3.05) is 13.1 Å². The van der Waals surface area contributed by atoms with Crippen LogP contribution in [0, 0.1) is 0 Å².